The molecule has 2 aromatic carbocycles. The Kier molecular flexibility index (Phi) is 5.19. The van der Waals surface area contributed by atoms with E-state index < -0.39 is 17.8 Å². The number of amides is 1. The molecule has 2 heterocycles. The third-order valence-electron chi connectivity index (χ3n) is 5.05. The lowest BCUT2D eigenvalue weighted by atomic mass is 10.0. The Morgan fingerprint density at radius 1 is 1.00 bits per heavy atom. The van der Waals surface area contributed by atoms with Crippen LogP contribution < -0.4 is 5.01 Å². The molecule has 0 bridgehead atoms. The van der Waals surface area contributed by atoms with Crippen molar-refractivity contribution < 1.29 is 29.0 Å². The number of furan rings is 1. The van der Waals surface area contributed by atoms with Crippen molar-refractivity contribution in [2.75, 3.05) is 5.01 Å². The summed E-state index contributed by atoms with van der Waals surface area (Å²) in [5, 5.41) is 23.8. The number of carbonyl (C=O) groups is 3. The fraction of sp³-hybridized carbons (Fsp3) is 0.0833. The van der Waals surface area contributed by atoms with E-state index in [1.54, 1.807) is 56.3 Å². The number of carboxylic acid groups (broad SMARTS) is 2. The number of rotatable bonds is 5. The Labute approximate surface area is 182 Å². The van der Waals surface area contributed by atoms with Gasteiger partial charge in [-0.1, -0.05) is 12.1 Å². The largest absolute Gasteiger partial charge is 0.478 e. The van der Waals surface area contributed by atoms with Gasteiger partial charge in [-0.2, -0.15) is 10.1 Å². The highest BCUT2D eigenvalue weighted by Crippen LogP contribution is 2.29. The summed E-state index contributed by atoms with van der Waals surface area (Å²) in [6, 6.07) is 14.3. The van der Waals surface area contributed by atoms with E-state index in [9.17, 15) is 24.6 Å². The maximum Gasteiger partial charge on any atom is 0.335 e. The van der Waals surface area contributed by atoms with Crippen LogP contribution in [0.1, 0.15) is 39.0 Å². The lowest BCUT2D eigenvalue weighted by Crippen LogP contribution is -2.21. The van der Waals surface area contributed by atoms with Gasteiger partial charge in [-0.15, -0.1) is 0 Å². The number of carboxylic acids is 2. The predicted molar refractivity (Wildman–Crippen MR) is 118 cm³/mol. The fourth-order valence-electron chi connectivity index (χ4n) is 3.41. The first-order valence-corrected chi connectivity index (χ1v) is 9.64. The first-order chi connectivity index (χ1) is 15.2. The van der Waals surface area contributed by atoms with Crippen LogP contribution in [-0.2, 0) is 4.79 Å². The van der Waals surface area contributed by atoms with E-state index in [1.807, 2.05) is 0 Å². The van der Waals surface area contributed by atoms with Gasteiger partial charge in [0.1, 0.15) is 11.5 Å². The van der Waals surface area contributed by atoms with E-state index in [4.69, 9.17) is 4.42 Å². The van der Waals surface area contributed by atoms with Crippen LogP contribution in [-0.4, -0.2) is 33.8 Å². The second-order valence-corrected chi connectivity index (χ2v) is 7.25. The molecule has 0 unspecified atom stereocenters. The highest BCUT2D eigenvalue weighted by Gasteiger charge is 2.29. The van der Waals surface area contributed by atoms with Gasteiger partial charge in [-0.25, -0.2) is 9.59 Å². The van der Waals surface area contributed by atoms with Gasteiger partial charge >= 0.3 is 11.9 Å². The molecule has 1 aromatic heterocycles. The van der Waals surface area contributed by atoms with Gasteiger partial charge in [-0.05, 0) is 68.0 Å². The third kappa shape index (κ3) is 3.81. The van der Waals surface area contributed by atoms with Gasteiger partial charge in [0.15, 0.2) is 0 Å². The minimum absolute atomic E-state index is 0.0560. The van der Waals surface area contributed by atoms with Gasteiger partial charge < -0.3 is 14.6 Å². The summed E-state index contributed by atoms with van der Waals surface area (Å²) >= 11 is 0. The van der Waals surface area contributed by atoms with Crippen molar-refractivity contribution >= 4 is 35.3 Å². The zero-order valence-corrected chi connectivity index (χ0v) is 17.2. The molecule has 3 aromatic rings. The minimum Gasteiger partial charge on any atom is -0.478 e. The molecule has 0 radical (unpaired) electrons. The van der Waals surface area contributed by atoms with Crippen molar-refractivity contribution in [2.24, 2.45) is 5.10 Å². The first-order valence-electron chi connectivity index (χ1n) is 9.64. The van der Waals surface area contributed by atoms with Crippen molar-refractivity contribution in [1.29, 1.82) is 0 Å². The summed E-state index contributed by atoms with van der Waals surface area (Å²) in [7, 11) is 0. The Balaban J connectivity index is 1.61. The lowest BCUT2D eigenvalue weighted by Gasteiger charge is -2.12. The number of hydrogen-bond acceptors (Lipinski definition) is 5. The maximum atomic E-state index is 12.9. The number of nitrogens with zero attached hydrogens (tertiary/aromatic N) is 2. The summed E-state index contributed by atoms with van der Waals surface area (Å²) in [6.45, 7) is 3.40. The van der Waals surface area contributed by atoms with Crippen LogP contribution in [0.3, 0.4) is 0 Å². The number of benzene rings is 2. The Hall–Kier alpha value is -4.46. The molecule has 0 saturated carbocycles. The molecule has 2 N–H and O–H groups in total. The van der Waals surface area contributed by atoms with E-state index in [0.29, 0.717) is 39.6 Å². The predicted octanol–water partition coefficient (Wildman–Crippen LogP) is 4.46. The molecular weight excluding hydrogens is 412 g/mol. The fourth-order valence-corrected chi connectivity index (χ4v) is 3.41. The van der Waals surface area contributed by atoms with Crippen molar-refractivity contribution in [2.45, 2.75) is 13.8 Å². The number of hydrazone groups is 1. The highest BCUT2D eigenvalue weighted by molar-refractivity contribution is 6.32. The average molecular weight is 430 g/mol. The molecular formula is C24H18N2O6. The molecule has 4 rings (SSSR count). The Bertz CT molecular complexity index is 1330. The molecule has 0 atom stereocenters. The molecule has 1 amide bonds. The highest BCUT2D eigenvalue weighted by atomic mass is 16.4. The number of aryl methyl sites for hydroxylation is 1. The molecule has 0 saturated heterocycles. The zero-order valence-electron chi connectivity index (χ0n) is 17.2. The second kappa shape index (κ2) is 7.99. The lowest BCUT2D eigenvalue weighted by molar-refractivity contribution is -0.114. The van der Waals surface area contributed by atoms with Gasteiger partial charge in [-0.3, -0.25) is 4.79 Å². The summed E-state index contributed by atoms with van der Waals surface area (Å²) in [4.78, 5) is 35.3. The molecule has 0 aliphatic carbocycles. The van der Waals surface area contributed by atoms with Gasteiger partial charge in [0.2, 0.25) is 0 Å². The van der Waals surface area contributed by atoms with Crippen molar-refractivity contribution in [3.8, 4) is 11.3 Å². The van der Waals surface area contributed by atoms with Crippen LogP contribution in [0.25, 0.3) is 17.4 Å². The summed E-state index contributed by atoms with van der Waals surface area (Å²) in [5.41, 5.74) is 2.75. The smallest absolute Gasteiger partial charge is 0.335 e. The molecule has 160 valence electrons. The van der Waals surface area contributed by atoms with E-state index >= 15 is 0 Å². The SMILES string of the molecule is CC1=NN(c2cccc(C(=O)O)c2)C(=O)/C1=C\c1ccc(-c2ccc(C(=O)O)c(C)c2)o1. The number of anilines is 1. The third-order valence-corrected chi connectivity index (χ3v) is 5.05. The number of aromatic carboxylic acids is 2. The van der Waals surface area contributed by atoms with Crippen molar-refractivity contribution in [3.05, 3.63) is 82.6 Å². The summed E-state index contributed by atoms with van der Waals surface area (Å²) in [6.07, 6.45) is 1.57. The number of carbonyl (C=O) groups excluding carboxylic acids is 1. The standard InChI is InChI=1S/C24H18N2O6/c1-13-10-15(6-8-19(13)24(30)31)21-9-7-18(32-21)12-20-14(2)25-26(22(20)27)17-5-3-4-16(11-17)23(28)29/h3-12H,1-2H3,(H,28,29)(H,30,31)/b20-12-. The molecule has 32 heavy (non-hydrogen) atoms. The molecule has 0 spiro atoms. The van der Waals surface area contributed by atoms with Gasteiger partial charge in [0, 0.05) is 5.56 Å². The van der Waals surface area contributed by atoms with Crippen LogP contribution in [0.4, 0.5) is 5.69 Å². The maximum absolute atomic E-state index is 12.9. The molecule has 1 aliphatic heterocycles. The van der Waals surface area contributed by atoms with Crippen LogP contribution in [0, 0.1) is 6.92 Å². The average Bonchev–Trinajstić information content (AvgIpc) is 3.34. The molecule has 0 fully saturated rings. The Morgan fingerprint density at radius 3 is 2.47 bits per heavy atom. The molecule has 8 heteroatoms. The quantitative estimate of drug-likeness (QED) is 0.577. The Morgan fingerprint density at radius 2 is 1.78 bits per heavy atom. The molecule has 8 nitrogen and oxygen atoms in total. The summed E-state index contributed by atoms with van der Waals surface area (Å²) in [5.74, 6) is -1.52. The van der Waals surface area contributed by atoms with Crippen molar-refractivity contribution in [3.63, 3.8) is 0 Å². The van der Waals surface area contributed by atoms with Crippen LogP contribution in [0.15, 0.2) is 69.7 Å². The number of hydrogen-bond donors (Lipinski definition) is 2. The monoisotopic (exact) mass is 430 g/mol. The summed E-state index contributed by atoms with van der Waals surface area (Å²) < 4.78 is 5.85. The normalized spacial score (nSPS) is 14.7. The van der Waals surface area contributed by atoms with Crippen LogP contribution in [0.5, 0.6) is 0 Å². The first kappa shape index (κ1) is 20.8. The van der Waals surface area contributed by atoms with Crippen molar-refractivity contribution in [1.82, 2.24) is 0 Å². The van der Waals surface area contributed by atoms with Crippen LogP contribution in [0.2, 0.25) is 0 Å². The zero-order chi connectivity index (χ0) is 23.0. The van der Waals surface area contributed by atoms with E-state index in [0.717, 1.165) is 5.01 Å². The van der Waals surface area contributed by atoms with Gasteiger partial charge in [0.05, 0.1) is 28.1 Å². The van der Waals surface area contributed by atoms with Crippen LogP contribution >= 0.6 is 0 Å². The minimum atomic E-state index is -1.09. The molecule has 1 aliphatic rings. The second-order valence-electron chi connectivity index (χ2n) is 7.25. The van der Waals surface area contributed by atoms with E-state index in [-0.39, 0.29) is 11.1 Å². The van der Waals surface area contributed by atoms with E-state index in [2.05, 4.69) is 5.10 Å². The van der Waals surface area contributed by atoms with E-state index in [1.165, 1.54) is 18.2 Å². The van der Waals surface area contributed by atoms with Gasteiger partial charge in [0.25, 0.3) is 5.91 Å². The topological polar surface area (TPSA) is 120 Å².